The summed E-state index contributed by atoms with van der Waals surface area (Å²) in [5, 5.41) is 2.48. The largest absolute Gasteiger partial charge is 0.353 e. The maximum Gasteiger partial charge on any atom is 0.344 e. The Morgan fingerprint density at radius 1 is 1.53 bits per heavy atom. The highest BCUT2D eigenvalue weighted by atomic mass is 16.8. The van der Waals surface area contributed by atoms with Crippen molar-refractivity contribution < 1.29 is 14.4 Å². The lowest BCUT2D eigenvalue weighted by Crippen LogP contribution is -2.30. The fraction of sp³-hybridized carbons (Fsp3) is 0.333. The Morgan fingerprint density at radius 3 is 3.07 bits per heavy atom. The van der Waals surface area contributed by atoms with Gasteiger partial charge in [0.15, 0.2) is 6.79 Å². The number of hydroxylamine groups is 1. The molecule has 1 rings (SSSR count). The minimum atomic E-state index is -0.492. The predicted octanol–water partition coefficient (Wildman–Crippen LogP) is 1.13. The van der Waals surface area contributed by atoms with Gasteiger partial charge in [-0.15, -0.1) is 0 Å². The van der Waals surface area contributed by atoms with Crippen molar-refractivity contribution in [1.82, 2.24) is 10.5 Å². The first-order valence-electron chi connectivity index (χ1n) is 4.50. The number of pyridine rings is 1. The quantitative estimate of drug-likeness (QED) is 0.435. The Balaban J connectivity index is 2.19. The van der Waals surface area contributed by atoms with E-state index in [-0.39, 0.29) is 6.79 Å². The first-order chi connectivity index (χ1) is 7.33. The molecule has 15 heavy (non-hydrogen) atoms. The molecule has 0 radical (unpaired) electrons. The number of ether oxygens (including phenoxy) is 1. The van der Waals surface area contributed by atoms with Gasteiger partial charge >= 0.3 is 6.03 Å². The SMILES string of the molecule is CCOCONC(=O)Nc1ccccn1. The molecular weight excluding hydrogens is 198 g/mol. The van der Waals surface area contributed by atoms with Gasteiger partial charge in [0.2, 0.25) is 0 Å². The lowest BCUT2D eigenvalue weighted by Gasteiger charge is -2.06. The molecular formula is C9H13N3O3. The molecule has 0 saturated heterocycles. The van der Waals surface area contributed by atoms with E-state index in [1.807, 2.05) is 6.92 Å². The monoisotopic (exact) mass is 211 g/mol. The molecule has 0 unspecified atom stereocenters. The van der Waals surface area contributed by atoms with Crippen molar-refractivity contribution in [2.45, 2.75) is 6.92 Å². The standard InChI is InChI=1S/C9H13N3O3/c1-2-14-7-15-12-9(13)11-8-5-3-4-6-10-8/h3-6H,2,7H2,1H3,(H2,10,11,12,13). The van der Waals surface area contributed by atoms with Crippen molar-refractivity contribution >= 4 is 11.8 Å². The molecule has 2 N–H and O–H groups in total. The maximum absolute atomic E-state index is 11.1. The molecule has 0 atom stereocenters. The summed E-state index contributed by atoms with van der Waals surface area (Å²) in [6.45, 7) is 2.38. The highest BCUT2D eigenvalue weighted by Crippen LogP contribution is 1.98. The Hall–Kier alpha value is -1.66. The number of hydrogen-bond acceptors (Lipinski definition) is 4. The number of aromatic nitrogens is 1. The van der Waals surface area contributed by atoms with Gasteiger partial charge in [0.05, 0.1) is 0 Å². The molecule has 0 aromatic carbocycles. The molecule has 0 aliphatic rings. The van der Waals surface area contributed by atoms with E-state index in [1.54, 1.807) is 24.4 Å². The minimum Gasteiger partial charge on any atom is -0.353 e. The van der Waals surface area contributed by atoms with Gasteiger partial charge in [0.1, 0.15) is 5.82 Å². The summed E-state index contributed by atoms with van der Waals surface area (Å²) in [5.41, 5.74) is 2.15. The first-order valence-corrected chi connectivity index (χ1v) is 4.50. The molecule has 2 amide bonds. The second-order valence-electron chi connectivity index (χ2n) is 2.53. The molecule has 6 nitrogen and oxygen atoms in total. The third-order valence-electron chi connectivity index (χ3n) is 1.42. The zero-order valence-corrected chi connectivity index (χ0v) is 8.40. The molecule has 1 aromatic rings. The van der Waals surface area contributed by atoms with Crippen LogP contribution < -0.4 is 10.8 Å². The number of anilines is 1. The fourth-order valence-corrected chi connectivity index (χ4v) is 0.799. The fourth-order valence-electron chi connectivity index (χ4n) is 0.799. The van der Waals surface area contributed by atoms with Crippen LogP contribution in [0.15, 0.2) is 24.4 Å². The minimum absolute atomic E-state index is 0.0200. The van der Waals surface area contributed by atoms with Gasteiger partial charge in [-0.2, -0.15) is 0 Å². The normalized spacial score (nSPS) is 9.67. The Bertz CT molecular complexity index is 292. The van der Waals surface area contributed by atoms with Gasteiger partial charge in [-0.25, -0.2) is 20.1 Å². The van der Waals surface area contributed by atoms with Crippen molar-refractivity contribution in [3.05, 3.63) is 24.4 Å². The summed E-state index contributed by atoms with van der Waals surface area (Å²) in [4.78, 5) is 19.7. The lowest BCUT2D eigenvalue weighted by molar-refractivity contribution is -0.0801. The second kappa shape index (κ2) is 6.74. The lowest BCUT2D eigenvalue weighted by atomic mass is 10.5. The molecule has 6 heteroatoms. The van der Waals surface area contributed by atoms with Crippen molar-refractivity contribution in [3.8, 4) is 0 Å². The number of urea groups is 1. The van der Waals surface area contributed by atoms with E-state index < -0.39 is 6.03 Å². The van der Waals surface area contributed by atoms with Crippen LogP contribution in [0, 0.1) is 0 Å². The topological polar surface area (TPSA) is 72.5 Å². The number of hydrogen-bond donors (Lipinski definition) is 2. The van der Waals surface area contributed by atoms with Crippen molar-refractivity contribution in [3.63, 3.8) is 0 Å². The van der Waals surface area contributed by atoms with Crippen molar-refractivity contribution in [2.75, 3.05) is 18.7 Å². The number of carbonyl (C=O) groups is 1. The average molecular weight is 211 g/mol. The zero-order valence-electron chi connectivity index (χ0n) is 8.40. The van der Waals surface area contributed by atoms with E-state index in [0.29, 0.717) is 12.4 Å². The van der Waals surface area contributed by atoms with E-state index in [1.165, 1.54) is 0 Å². The predicted molar refractivity (Wildman–Crippen MR) is 54.0 cm³/mol. The third kappa shape index (κ3) is 4.94. The summed E-state index contributed by atoms with van der Waals surface area (Å²) in [7, 11) is 0. The summed E-state index contributed by atoms with van der Waals surface area (Å²) in [6.07, 6.45) is 1.58. The summed E-state index contributed by atoms with van der Waals surface area (Å²) >= 11 is 0. The molecule has 1 aromatic heterocycles. The number of carbonyl (C=O) groups excluding carboxylic acids is 1. The molecule has 1 heterocycles. The van der Waals surface area contributed by atoms with Crippen LogP contribution in [0.1, 0.15) is 6.92 Å². The van der Waals surface area contributed by atoms with Gasteiger partial charge in [-0.05, 0) is 19.1 Å². The summed E-state index contributed by atoms with van der Waals surface area (Å²) in [5.74, 6) is 0.454. The van der Waals surface area contributed by atoms with E-state index in [0.717, 1.165) is 0 Å². The molecule has 0 aliphatic heterocycles. The second-order valence-corrected chi connectivity index (χ2v) is 2.53. The molecule has 0 saturated carbocycles. The van der Waals surface area contributed by atoms with E-state index in [4.69, 9.17) is 9.57 Å². The maximum atomic E-state index is 11.1. The highest BCUT2D eigenvalue weighted by Gasteiger charge is 2.00. The van der Waals surface area contributed by atoms with Crippen molar-refractivity contribution in [2.24, 2.45) is 0 Å². The number of amides is 2. The van der Waals surface area contributed by atoms with Gasteiger partial charge in [0, 0.05) is 12.8 Å². The first kappa shape index (κ1) is 11.4. The van der Waals surface area contributed by atoms with Crippen LogP contribution in [-0.4, -0.2) is 24.4 Å². The van der Waals surface area contributed by atoms with Gasteiger partial charge in [-0.3, -0.25) is 5.32 Å². The molecule has 0 fully saturated rings. The van der Waals surface area contributed by atoms with Gasteiger partial charge in [0.25, 0.3) is 0 Å². The Kier molecular flexibility index (Phi) is 5.13. The van der Waals surface area contributed by atoms with Crippen LogP contribution in [-0.2, 0) is 9.57 Å². The van der Waals surface area contributed by atoms with Crippen LogP contribution in [0.3, 0.4) is 0 Å². The van der Waals surface area contributed by atoms with E-state index in [2.05, 4.69) is 15.8 Å². The van der Waals surface area contributed by atoms with Crippen LogP contribution in [0.2, 0.25) is 0 Å². The van der Waals surface area contributed by atoms with Crippen LogP contribution >= 0.6 is 0 Å². The molecule has 0 bridgehead atoms. The molecule has 82 valence electrons. The summed E-state index contributed by atoms with van der Waals surface area (Å²) in [6, 6.07) is 4.70. The number of nitrogens with zero attached hydrogens (tertiary/aromatic N) is 1. The van der Waals surface area contributed by atoms with Gasteiger partial charge in [-0.1, -0.05) is 6.07 Å². The van der Waals surface area contributed by atoms with Gasteiger partial charge < -0.3 is 4.74 Å². The smallest absolute Gasteiger partial charge is 0.344 e. The number of nitrogens with one attached hydrogen (secondary N) is 2. The highest BCUT2D eigenvalue weighted by molar-refractivity contribution is 5.87. The Labute approximate surface area is 87.6 Å². The third-order valence-corrected chi connectivity index (χ3v) is 1.42. The Morgan fingerprint density at radius 2 is 2.40 bits per heavy atom. The van der Waals surface area contributed by atoms with Crippen LogP contribution in [0.25, 0.3) is 0 Å². The van der Waals surface area contributed by atoms with E-state index >= 15 is 0 Å². The zero-order chi connectivity index (χ0) is 10.9. The summed E-state index contributed by atoms with van der Waals surface area (Å²) < 4.78 is 4.85. The molecule has 0 aliphatic carbocycles. The number of rotatable bonds is 5. The van der Waals surface area contributed by atoms with Crippen LogP contribution in [0.4, 0.5) is 10.6 Å². The van der Waals surface area contributed by atoms with Crippen LogP contribution in [0.5, 0.6) is 0 Å². The molecule has 0 spiro atoms. The van der Waals surface area contributed by atoms with Crippen molar-refractivity contribution in [1.29, 1.82) is 0 Å². The van der Waals surface area contributed by atoms with E-state index in [9.17, 15) is 4.79 Å². The average Bonchev–Trinajstić information content (AvgIpc) is 2.26.